The van der Waals surface area contributed by atoms with Gasteiger partial charge in [-0.2, -0.15) is 0 Å². The van der Waals surface area contributed by atoms with Crippen LogP contribution in [0.1, 0.15) is 18.1 Å². The molecule has 1 nitrogen and oxygen atoms in total. The lowest BCUT2D eigenvalue weighted by molar-refractivity contribution is 0.478. The van der Waals surface area contributed by atoms with E-state index in [9.17, 15) is 0 Å². The van der Waals surface area contributed by atoms with Crippen molar-refractivity contribution in [2.75, 3.05) is 0 Å². The molecule has 0 unspecified atom stereocenters. The van der Waals surface area contributed by atoms with Crippen LogP contribution in [-0.4, -0.2) is 0 Å². The Morgan fingerprint density at radius 3 is 2.44 bits per heavy atom. The minimum atomic E-state index is 0.676. The van der Waals surface area contributed by atoms with Crippen LogP contribution in [0.2, 0.25) is 5.02 Å². The maximum atomic E-state index is 6.13. The Balaban J connectivity index is 2.25. The van der Waals surface area contributed by atoms with Gasteiger partial charge in [0.15, 0.2) is 0 Å². The highest BCUT2D eigenvalue weighted by Crippen LogP contribution is 2.32. The van der Waals surface area contributed by atoms with Crippen molar-refractivity contribution < 1.29 is 4.74 Å². The molecule has 0 atom stereocenters. The zero-order chi connectivity index (χ0) is 13.0. The lowest BCUT2D eigenvalue weighted by atomic mass is 10.2. The van der Waals surface area contributed by atoms with E-state index in [0.29, 0.717) is 5.33 Å². The van der Waals surface area contributed by atoms with E-state index >= 15 is 0 Å². The van der Waals surface area contributed by atoms with E-state index in [1.807, 2.05) is 30.3 Å². The third-order valence-corrected chi connectivity index (χ3v) is 3.68. The van der Waals surface area contributed by atoms with Gasteiger partial charge in [-0.05, 0) is 36.2 Å². The van der Waals surface area contributed by atoms with Gasteiger partial charge in [0.05, 0.1) is 0 Å². The van der Waals surface area contributed by atoms with Crippen molar-refractivity contribution in [3.8, 4) is 11.5 Å². The largest absolute Gasteiger partial charge is 0.457 e. The van der Waals surface area contributed by atoms with Crippen molar-refractivity contribution in [2.45, 2.75) is 18.7 Å². The Bertz CT molecular complexity index is 523. The summed E-state index contributed by atoms with van der Waals surface area (Å²) < 4.78 is 5.87. The molecule has 0 aromatic heterocycles. The van der Waals surface area contributed by atoms with E-state index in [4.69, 9.17) is 16.3 Å². The topological polar surface area (TPSA) is 9.23 Å². The van der Waals surface area contributed by atoms with Gasteiger partial charge in [0.2, 0.25) is 0 Å². The minimum absolute atomic E-state index is 0.676. The molecule has 0 saturated heterocycles. The normalized spacial score (nSPS) is 10.4. The fourth-order valence-electron chi connectivity index (χ4n) is 1.68. The lowest BCUT2D eigenvalue weighted by Gasteiger charge is -2.11. The minimum Gasteiger partial charge on any atom is -0.457 e. The molecule has 0 aliphatic heterocycles. The first kappa shape index (κ1) is 13.4. The van der Waals surface area contributed by atoms with E-state index in [-0.39, 0.29) is 0 Å². The van der Waals surface area contributed by atoms with Gasteiger partial charge in [0, 0.05) is 15.9 Å². The molecule has 3 heteroatoms. The summed E-state index contributed by atoms with van der Waals surface area (Å²) in [5.74, 6) is 1.63. The van der Waals surface area contributed by atoms with Gasteiger partial charge in [-0.3, -0.25) is 0 Å². The van der Waals surface area contributed by atoms with Crippen molar-refractivity contribution in [1.29, 1.82) is 0 Å². The zero-order valence-electron chi connectivity index (χ0n) is 10.1. The van der Waals surface area contributed by atoms with Crippen molar-refractivity contribution >= 4 is 27.5 Å². The highest BCUT2D eigenvalue weighted by Gasteiger charge is 2.07. The smallest absolute Gasteiger partial charge is 0.132 e. The van der Waals surface area contributed by atoms with Gasteiger partial charge in [-0.25, -0.2) is 0 Å². The summed E-state index contributed by atoms with van der Waals surface area (Å²) in [4.78, 5) is 0. The second kappa shape index (κ2) is 6.26. The molecule has 0 spiro atoms. The molecule has 0 radical (unpaired) electrons. The number of aryl methyl sites for hydroxylation is 1. The van der Waals surface area contributed by atoms with E-state index < -0.39 is 0 Å². The van der Waals surface area contributed by atoms with Crippen LogP contribution >= 0.6 is 27.5 Å². The molecular weight excluding hydrogens is 312 g/mol. The summed E-state index contributed by atoms with van der Waals surface area (Å²) in [6.07, 6.45) is 1.03. The summed E-state index contributed by atoms with van der Waals surface area (Å²) in [5.41, 5.74) is 2.27. The molecule has 2 aromatic rings. The van der Waals surface area contributed by atoms with Gasteiger partial charge < -0.3 is 4.74 Å². The van der Waals surface area contributed by atoms with Crippen molar-refractivity contribution in [2.24, 2.45) is 0 Å². The molecule has 0 heterocycles. The van der Waals surface area contributed by atoms with Crippen molar-refractivity contribution in [3.05, 3.63) is 58.6 Å². The van der Waals surface area contributed by atoms with Crippen LogP contribution < -0.4 is 4.74 Å². The van der Waals surface area contributed by atoms with Crippen LogP contribution in [0.3, 0.4) is 0 Å². The predicted octanol–water partition coefficient (Wildman–Crippen LogP) is 5.59. The highest BCUT2D eigenvalue weighted by atomic mass is 79.9. The standard InChI is InChI=1S/C15H14BrClO/c1-2-11-6-8-12(9-7-11)18-15-5-3-4-14(17)13(15)10-16/h3-9H,2,10H2,1H3. The third kappa shape index (κ3) is 3.06. The summed E-state index contributed by atoms with van der Waals surface area (Å²) in [6, 6.07) is 13.8. The number of ether oxygens (including phenoxy) is 1. The van der Waals surface area contributed by atoms with Crippen molar-refractivity contribution in [1.82, 2.24) is 0 Å². The first-order valence-electron chi connectivity index (χ1n) is 5.84. The van der Waals surface area contributed by atoms with Gasteiger partial charge >= 0.3 is 0 Å². The van der Waals surface area contributed by atoms with Crippen molar-refractivity contribution in [3.63, 3.8) is 0 Å². The first-order chi connectivity index (χ1) is 8.74. The SMILES string of the molecule is CCc1ccc(Oc2cccc(Cl)c2CBr)cc1. The Hall–Kier alpha value is -0.990. The number of benzene rings is 2. The molecular formula is C15H14BrClO. The number of halogens is 2. The van der Waals surface area contributed by atoms with E-state index in [0.717, 1.165) is 28.5 Å². The first-order valence-corrected chi connectivity index (χ1v) is 7.34. The number of hydrogen-bond acceptors (Lipinski definition) is 1. The second-order valence-electron chi connectivity index (χ2n) is 3.95. The van der Waals surface area contributed by atoms with E-state index in [2.05, 4.69) is 35.0 Å². The molecule has 0 saturated carbocycles. The zero-order valence-corrected chi connectivity index (χ0v) is 12.5. The molecule has 18 heavy (non-hydrogen) atoms. The Morgan fingerprint density at radius 2 is 1.83 bits per heavy atom. The van der Waals surface area contributed by atoms with Crippen LogP contribution in [0.15, 0.2) is 42.5 Å². The van der Waals surface area contributed by atoms with Crippen LogP contribution in [0.4, 0.5) is 0 Å². The molecule has 0 N–H and O–H groups in total. The lowest BCUT2D eigenvalue weighted by Crippen LogP contribution is -1.90. The average molecular weight is 326 g/mol. The van der Waals surface area contributed by atoms with Gasteiger partial charge in [0.1, 0.15) is 11.5 Å². The molecule has 0 bridgehead atoms. The maximum Gasteiger partial charge on any atom is 0.132 e. The molecule has 0 aliphatic carbocycles. The van der Waals surface area contributed by atoms with Crippen LogP contribution in [0.5, 0.6) is 11.5 Å². The third-order valence-electron chi connectivity index (χ3n) is 2.77. The molecule has 0 fully saturated rings. The Labute approximate surface area is 121 Å². The maximum absolute atomic E-state index is 6.13. The fourth-order valence-corrected chi connectivity index (χ4v) is 2.66. The Morgan fingerprint density at radius 1 is 1.11 bits per heavy atom. The molecule has 0 amide bonds. The fraction of sp³-hybridized carbons (Fsp3) is 0.200. The summed E-state index contributed by atoms with van der Waals surface area (Å²) in [5, 5.41) is 1.39. The van der Waals surface area contributed by atoms with Crippen LogP contribution in [-0.2, 0) is 11.8 Å². The van der Waals surface area contributed by atoms with Gasteiger partial charge in [0.25, 0.3) is 0 Å². The number of alkyl halides is 1. The van der Waals surface area contributed by atoms with E-state index in [1.54, 1.807) is 0 Å². The molecule has 2 rings (SSSR count). The predicted molar refractivity (Wildman–Crippen MR) is 80.0 cm³/mol. The quantitative estimate of drug-likeness (QED) is 0.666. The summed E-state index contributed by atoms with van der Waals surface area (Å²) in [6.45, 7) is 2.13. The van der Waals surface area contributed by atoms with Crippen LogP contribution in [0.25, 0.3) is 0 Å². The number of rotatable bonds is 4. The highest BCUT2D eigenvalue weighted by molar-refractivity contribution is 9.08. The monoisotopic (exact) mass is 324 g/mol. The average Bonchev–Trinajstić information content (AvgIpc) is 2.40. The van der Waals surface area contributed by atoms with E-state index in [1.165, 1.54) is 5.56 Å². The number of hydrogen-bond donors (Lipinski definition) is 0. The van der Waals surface area contributed by atoms with Gasteiger partial charge in [-0.15, -0.1) is 0 Å². The van der Waals surface area contributed by atoms with Gasteiger partial charge in [-0.1, -0.05) is 52.7 Å². The summed E-state index contributed by atoms with van der Waals surface area (Å²) >= 11 is 9.56. The summed E-state index contributed by atoms with van der Waals surface area (Å²) in [7, 11) is 0. The molecule has 2 aromatic carbocycles. The Kier molecular flexibility index (Phi) is 4.67. The van der Waals surface area contributed by atoms with Crippen LogP contribution in [0, 0.1) is 0 Å². The molecule has 0 aliphatic rings. The second-order valence-corrected chi connectivity index (χ2v) is 4.92. The molecule has 94 valence electrons.